The molecular formula is C16H15N3O2S2. The minimum atomic E-state index is -0.241. The van der Waals surface area contributed by atoms with Gasteiger partial charge < -0.3 is 5.32 Å². The summed E-state index contributed by atoms with van der Waals surface area (Å²) in [4.78, 5) is 29.3. The lowest BCUT2D eigenvalue weighted by Crippen LogP contribution is -2.29. The summed E-state index contributed by atoms with van der Waals surface area (Å²) >= 11 is 2.70. The molecule has 5 nitrogen and oxygen atoms in total. The van der Waals surface area contributed by atoms with Gasteiger partial charge in [0.25, 0.3) is 5.56 Å². The molecule has 1 N–H and O–H groups in total. The van der Waals surface area contributed by atoms with Crippen LogP contribution in [0.15, 0.2) is 45.7 Å². The zero-order valence-corrected chi connectivity index (χ0v) is 14.3. The van der Waals surface area contributed by atoms with Gasteiger partial charge in [-0.05, 0) is 36.3 Å². The fourth-order valence-electron chi connectivity index (χ4n) is 2.27. The molecule has 1 amide bonds. The number of hydrogen-bond acceptors (Lipinski definition) is 5. The van der Waals surface area contributed by atoms with Gasteiger partial charge in [-0.3, -0.25) is 14.2 Å². The largest absolute Gasteiger partial charge is 0.324 e. The lowest BCUT2D eigenvalue weighted by Gasteiger charge is -2.12. The average Bonchev–Trinajstić information content (AvgIpc) is 3.01. The van der Waals surface area contributed by atoms with Crippen LogP contribution in [0.2, 0.25) is 0 Å². The molecule has 2 aromatic heterocycles. The SMILES string of the molecule is CSc1nc2ccsc2c(=O)n1CC(=O)Nc1ccccc1C. The van der Waals surface area contributed by atoms with Crippen molar-refractivity contribution < 1.29 is 4.79 Å². The fourth-order valence-corrected chi connectivity index (χ4v) is 3.60. The van der Waals surface area contributed by atoms with Crippen molar-refractivity contribution in [2.75, 3.05) is 11.6 Å². The summed E-state index contributed by atoms with van der Waals surface area (Å²) in [6.45, 7) is 1.87. The van der Waals surface area contributed by atoms with E-state index in [0.717, 1.165) is 11.3 Å². The van der Waals surface area contributed by atoms with Crippen molar-refractivity contribution >= 4 is 44.9 Å². The highest BCUT2D eigenvalue weighted by Gasteiger charge is 2.14. The highest BCUT2D eigenvalue weighted by Crippen LogP contribution is 2.19. The van der Waals surface area contributed by atoms with Crippen LogP contribution in [0.3, 0.4) is 0 Å². The summed E-state index contributed by atoms with van der Waals surface area (Å²) in [5, 5.41) is 5.22. The molecule has 0 saturated heterocycles. The maximum Gasteiger partial charge on any atom is 0.272 e. The Morgan fingerprint density at radius 2 is 2.13 bits per heavy atom. The van der Waals surface area contributed by atoms with Crippen molar-refractivity contribution in [2.45, 2.75) is 18.6 Å². The molecule has 2 heterocycles. The van der Waals surface area contributed by atoms with Crippen LogP contribution in [0.1, 0.15) is 5.56 Å². The summed E-state index contributed by atoms with van der Waals surface area (Å²) in [6, 6.07) is 9.36. The standard InChI is InChI=1S/C16H15N3O2S2/c1-10-5-3-4-6-11(10)17-13(20)9-19-15(21)14-12(7-8-23-14)18-16(19)22-2/h3-8H,9H2,1-2H3,(H,17,20). The first-order valence-corrected chi connectivity index (χ1v) is 9.08. The van der Waals surface area contributed by atoms with Crippen LogP contribution in [0.25, 0.3) is 10.2 Å². The van der Waals surface area contributed by atoms with Crippen molar-refractivity contribution in [1.82, 2.24) is 9.55 Å². The number of anilines is 1. The molecule has 0 atom stereocenters. The van der Waals surface area contributed by atoms with Gasteiger partial charge in [0, 0.05) is 5.69 Å². The molecule has 0 bridgehead atoms. The minimum Gasteiger partial charge on any atom is -0.324 e. The van der Waals surface area contributed by atoms with E-state index in [2.05, 4.69) is 10.3 Å². The van der Waals surface area contributed by atoms with E-state index in [-0.39, 0.29) is 18.0 Å². The summed E-state index contributed by atoms with van der Waals surface area (Å²) in [6.07, 6.45) is 1.84. The van der Waals surface area contributed by atoms with Crippen LogP contribution >= 0.6 is 23.1 Å². The molecule has 0 aliphatic rings. The summed E-state index contributed by atoms with van der Waals surface area (Å²) in [5.41, 5.74) is 2.24. The van der Waals surface area contributed by atoms with Crippen LogP contribution in [-0.4, -0.2) is 21.7 Å². The average molecular weight is 345 g/mol. The molecule has 0 aliphatic heterocycles. The second-order valence-corrected chi connectivity index (χ2v) is 6.68. The zero-order chi connectivity index (χ0) is 16.4. The number of para-hydroxylation sites is 1. The van der Waals surface area contributed by atoms with E-state index in [4.69, 9.17) is 0 Å². The lowest BCUT2D eigenvalue weighted by atomic mass is 10.2. The molecule has 3 rings (SSSR count). The second-order valence-electron chi connectivity index (χ2n) is 4.99. The van der Waals surface area contributed by atoms with E-state index in [1.165, 1.54) is 27.7 Å². The zero-order valence-electron chi connectivity index (χ0n) is 12.7. The molecule has 3 aromatic rings. The molecule has 7 heteroatoms. The van der Waals surface area contributed by atoms with Gasteiger partial charge in [0.2, 0.25) is 5.91 Å². The molecule has 0 unspecified atom stereocenters. The number of nitrogens with one attached hydrogen (secondary N) is 1. The Hall–Kier alpha value is -2.12. The summed E-state index contributed by atoms with van der Waals surface area (Å²) in [5.74, 6) is -0.241. The Kier molecular flexibility index (Phi) is 4.49. The Bertz CT molecular complexity index is 930. The van der Waals surface area contributed by atoms with Crippen LogP contribution in [0.5, 0.6) is 0 Å². The molecule has 0 saturated carbocycles. The number of rotatable bonds is 4. The number of thioether (sulfide) groups is 1. The molecule has 1 aromatic carbocycles. The minimum absolute atomic E-state index is 0.0514. The van der Waals surface area contributed by atoms with Crippen LogP contribution in [0.4, 0.5) is 5.69 Å². The Morgan fingerprint density at radius 1 is 1.35 bits per heavy atom. The Labute approximate surface area is 141 Å². The topological polar surface area (TPSA) is 64.0 Å². The second kappa shape index (κ2) is 6.55. The number of hydrogen-bond donors (Lipinski definition) is 1. The number of benzene rings is 1. The van der Waals surface area contributed by atoms with Gasteiger partial charge >= 0.3 is 0 Å². The van der Waals surface area contributed by atoms with Gasteiger partial charge in [-0.15, -0.1) is 11.3 Å². The van der Waals surface area contributed by atoms with Crippen molar-refractivity contribution in [3.63, 3.8) is 0 Å². The number of nitrogens with zero attached hydrogens (tertiary/aromatic N) is 2. The first-order valence-electron chi connectivity index (χ1n) is 6.97. The molecule has 0 fully saturated rings. The maximum absolute atomic E-state index is 12.6. The molecule has 0 radical (unpaired) electrons. The number of fused-ring (bicyclic) bond motifs is 1. The van der Waals surface area contributed by atoms with Crippen LogP contribution in [-0.2, 0) is 11.3 Å². The van der Waals surface area contributed by atoms with E-state index >= 15 is 0 Å². The molecule has 118 valence electrons. The molecule has 0 aliphatic carbocycles. The maximum atomic E-state index is 12.6. The van der Waals surface area contributed by atoms with Gasteiger partial charge in [-0.25, -0.2) is 4.98 Å². The van der Waals surface area contributed by atoms with E-state index < -0.39 is 0 Å². The number of amides is 1. The normalized spacial score (nSPS) is 10.9. The summed E-state index contributed by atoms with van der Waals surface area (Å²) in [7, 11) is 0. The van der Waals surface area contributed by atoms with Crippen LogP contribution < -0.4 is 10.9 Å². The number of carbonyl (C=O) groups is 1. The van der Waals surface area contributed by atoms with Crippen molar-refractivity contribution in [2.24, 2.45) is 0 Å². The van der Waals surface area contributed by atoms with Gasteiger partial charge in [-0.2, -0.15) is 0 Å². The van der Waals surface area contributed by atoms with Gasteiger partial charge in [-0.1, -0.05) is 30.0 Å². The third kappa shape index (κ3) is 3.16. The molecular weight excluding hydrogens is 330 g/mol. The third-order valence-electron chi connectivity index (χ3n) is 3.43. The Morgan fingerprint density at radius 3 is 2.87 bits per heavy atom. The van der Waals surface area contributed by atoms with Crippen molar-refractivity contribution in [3.05, 3.63) is 51.6 Å². The number of carbonyl (C=O) groups excluding carboxylic acids is 1. The van der Waals surface area contributed by atoms with E-state index in [9.17, 15) is 9.59 Å². The number of aromatic nitrogens is 2. The monoisotopic (exact) mass is 345 g/mol. The number of aryl methyl sites for hydroxylation is 1. The van der Waals surface area contributed by atoms with Crippen molar-refractivity contribution in [3.8, 4) is 0 Å². The lowest BCUT2D eigenvalue weighted by molar-refractivity contribution is -0.116. The van der Waals surface area contributed by atoms with E-state index in [1.54, 1.807) is 0 Å². The smallest absolute Gasteiger partial charge is 0.272 e. The Balaban J connectivity index is 1.91. The van der Waals surface area contributed by atoms with E-state index in [0.29, 0.717) is 15.4 Å². The van der Waals surface area contributed by atoms with Gasteiger partial charge in [0.15, 0.2) is 5.16 Å². The highest BCUT2D eigenvalue weighted by atomic mass is 32.2. The number of thiophene rings is 1. The first-order chi connectivity index (χ1) is 11.1. The van der Waals surface area contributed by atoms with E-state index in [1.807, 2.05) is 48.9 Å². The summed E-state index contributed by atoms with van der Waals surface area (Å²) < 4.78 is 2.00. The van der Waals surface area contributed by atoms with Crippen molar-refractivity contribution in [1.29, 1.82) is 0 Å². The van der Waals surface area contributed by atoms with Crippen LogP contribution in [0, 0.1) is 6.92 Å². The highest BCUT2D eigenvalue weighted by molar-refractivity contribution is 7.98. The predicted octanol–water partition coefficient (Wildman–Crippen LogP) is 3.13. The molecule has 0 spiro atoms. The third-order valence-corrected chi connectivity index (χ3v) is 5.00. The molecule has 23 heavy (non-hydrogen) atoms. The predicted molar refractivity (Wildman–Crippen MR) is 95.5 cm³/mol. The van der Waals surface area contributed by atoms with Gasteiger partial charge in [0.1, 0.15) is 11.2 Å². The fraction of sp³-hybridized carbons (Fsp3) is 0.188. The van der Waals surface area contributed by atoms with Gasteiger partial charge in [0.05, 0.1) is 5.52 Å². The quantitative estimate of drug-likeness (QED) is 0.583. The first kappa shape index (κ1) is 15.8.